The SMILES string of the molecule is COc1ccc(OC)c(C(=O)N2CCC[C@@H]2c2cccn2C)c1. The Labute approximate surface area is 136 Å². The first-order valence-corrected chi connectivity index (χ1v) is 7.80. The summed E-state index contributed by atoms with van der Waals surface area (Å²) in [6.07, 6.45) is 4.01. The number of hydrogen-bond donors (Lipinski definition) is 0. The minimum atomic E-state index is -0.00977. The molecule has 1 saturated heterocycles. The molecule has 23 heavy (non-hydrogen) atoms. The van der Waals surface area contributed by atoms with Crippen molar-refractivity contribution in [3.8, 4) is 11.5 Å². The fraction of sp³-hybridized carbons (Fsp3) is 0.389. The van der Waals surface area contributed by atoms with Gasteiger partial charge in [-0.15, -0.1) is 0 Å². The Morgan fingerprint density at radius 1 is 1.22 bits per heavy atom. The first-order valence-electron chi connectivity index (χ1n) is 7.80. The van der Waals surface area contributed by atoms with Gasteiger partial charge in [-0.05, 0) is 43.2 Å². The molecule has 1 fully saturated rings. The van der Waals surface area contributed by atoms with Gasteiger partial charge in [-0.3, -0.25) is 4.79 Å². The Morgan fingerprint density at radius 3 is 2.70 bits per heavy atom. The Kier molecular flexibility index (Phi) is 4.28. The molecular weight excluding hydrogens is 292 g/mol. The van der Waals surface area contributed by atoms with Gasteiger partial charge in [-0.2, -0.15) is 0 Å². The van der Waals surface area contributed by atoms with Gasteiger partial charge in [0.15, 0.2) is 0 Å². The van der Waals surface area contributed by atoms with E-state index in [2.05, 4.69) is 10.6 Å². The maximum atomic E-state index is 13.1. The number of carbonyl (C=O) groups is 1. The number of likely N-dealkylation sites (tertiary alicyclic amines) is 1. The van der Waals surface area contributed by atoms with Gasteiger partial charge in [0, 0.05) is 25.5 Å². The molecule has 1 aliphatic rings. The monoisotopic (exact) mass is 314 g/mol. The molecule has 122 valence electrons. The lowest BCUT2D eigenvalue weighted by molar-refractivity contribution is 0.0727. The third-order valence-electron chi connectivity index (χ3n) is 4.48. The van der Waals surface area contributed by atoms with Crippen LogP contribution in [-0.2, 0) is 7.05 Å². The molecule has 0 radical (unpaired) electrons. The van der Waals surface area contributed by atoms with E-state index in [1.54, 1.807) is 32.4 Å². The zero-order valence-corrected chi connectivity index (χ0v) is 13.8. The molecule has 2 heterocycles. The van der Waals surface area contributed by atoms with E-state index in [1.165, 1.54) is 0 Å². The number of methoxy groups -OCH3 is 2. The van der Waals surface area contributed by atoms with Crippen molar-refractivity contribution in [3.63, 3.8) is 0 Å². The molecular formula is C18H22N2O3. The molecule has 1 aromatic heterocycles. The molecule has 0 aliphatic carbocycles. The number of amides is 1. The first kappa shape index (κ1) is 15.5. The predicted molar refractivity (Wildman–Crippen MR) is 88.0 cm³/mol. The van der Waals surface area contributed by atoms with Crippen LogP contribution in [0.2, 0.25) is 0 Å². The van der Waals surface area contributed by atoms with E-state index < -0.39 is 0 Å². The lowest BCUT2D eigenvalue weighted by Crippen LogP contribution is -2.31. The van der Waals surface area contributed by atoms with Gasteiger partial charge in [0.2, 0.25) is 0 Å². The van der Waals surface area contributed by atoms with Crippen LogP contribution in [0.15, 0.2) is 36.5 Å². The number of benzene rings is 1. The van der Waals surface area contributed by atoms with Gasteiger partial charge in [0.05, 0.1) is 25.8 Å². The van der Waals surface area contributed by atoms with Gasteiger partial charge in [-0.25, -0.2) is 0 Å². The molecule has 5 heteroatoms. The Hall–Kier alpha value is -2.43. The lowest BCUT2D eigenvalue weighted by atomic mass is 10.1. The second kappa shape index (κ2) is 6.36. The van der Waals surface area contributed by atoms with Gasteiger partial charge in [0.25, 0.3) is 5.91 Å². The van der Waals surface area contributed by atoms with E-state index in [4.69, 9.17) is 9.47 Å². The molecule has 5 nitrogen and oxygen atoms in total. The maximum Gasteiger partial charge on any atom is 0.258 e. The lowest BCUT2D eigenvalue weighted by Gasteiger charge is -2.26. The summed E-state index contributed by atoms with van der Waals surface area (Å²) in [5.74, 6) is 1.22. The zero-order chi connectivity index (χ0) is 16.4. The predicted octanol–water partition coefficient (Wildman–Crippen LogP) is 3.02. The molecule has 0 N–H and O–H groups in total. The fourth-order valence-corrected chi connectivity index (χ4v) is 3.27. The normalized spacial score (nSPS) is 17.3. The highest BCUT2D eigenvalue weighted by Gasteiger charge is 2.33. The highest BCUT2D eigenvalue weighted by Crippen LogP contribution is 2.35. The van der Waals surface area contributed by atoms with Crippen LogP contribution in [-0.4, -0.2) is 36.1 Å². The van der Waals surface area contributed by atoms with Crippen LogP contribution in [0, 0.1) is 0 Å². The Bertz CT molecular complexity index is 708. The van der Waals surface area contributed by atoms with Crippen molar-refractivity contribution in [1.29, 1.82) is 0 Å². The molecule has 0 saturated carbocycles. The highest BCUT2D eigenvalue weighted by atomic mass is 16.5. The Morgan fingerprint density at radius 2 is 2.04 bits per heavy atom. The fourth-order valence-electron chi connectivity index (χ4n) is 3.27. The topological polar surface area (TPSA) is 43.7 Å². The first-order chi connectivity index (χ1) is 11.2. The van der Waals surface area contributed by atoms with Crippen LogP contribution in [0.5, 0.6) is 11.5 Å². The van der Waals surface area contributed by atoms with Crippen LogP contribution in [0.1, 0.15) is 34.9 Å². The molecule has 3 rings (SSSR count). The summed E-state index contributed by atoms with van der Waals surface area (Å²) in [6.45, 7) is 0.759. The van der Waals surface area contributed by atoms with Crippen LogP contribution in [0.4, 0.5) is 0 Å². The summed E-state index contributed by atoms with van der Waals surface area (Å²) in [7, 11) is 5.19. The third kappa shape index (κ3) is 2.79. The maximum absolute atomic E-state index is 13.1. The number of ether oxygens (including phenoxy) is 2. The molecule has 1 aromatic carbocycles. The molecule has 0 spiro atoms. The van der Waals surface area contributed by atoms with Gasteiger partial charge in [0.1, 0.15) is 11.5 Å². The molecule has 2 aromatic rings. The van der Waals surface area contributed by atoms with Crippen molar-refractivity contribution in [2.75, 3.05) is 20.8 Å². The van der Waals surface area contributed by atoms with Crippen LogP contribution in [0.3, 0.4) is 0 Å². The molecule has 1 aliphatic heterocycles. The smallest absolute Gasteiger partial charge is 0.258 e. The minimum absolute atomic E-state index is 0.00977. The van der Waals surface area contributed by atoms with Crippen molar-refractivity contribution in [2.45, 2.75) is 18.9 Å². The van der Waals surface area contributed by atoms with Crippen molar-refractivity contribution in [2.24, 2.45) is 7.05 Å². The molecule has 0 bridgehead atoms. The molecule has 1 atom stereocenters. The van der Waals surface area contributed by atoms with E-state index >= 15 is 0 Å². The number of rotatable bonds is 4. The summed E-state index contributed by atoms with van der Waals surface area (Å²) < 4.78 is 12.7. The standard InChI is InChI=1S/C18H22N2O3/c1-19-10-4-6-15(19)16-7-5-11-20(16)18(21)14-12-13(22-2)8-9-17(14)23-3/h4,6,8-10,12,16H,5,7,11H2,1-3H3/t16-/m1/s1. The third-order valence-corrected chi connectivity index (χ3v) is 4.48. The van der Waals surface area contributed by atoms with Crippen molar-refractivity contribution in [1.82, 2.24) is 9.47 Å². The summed E-state index contributed by atoms with van der Waals surface area (Å²) in [5.41, 5.74) is 1.71. The van der Waals surface area contributed by atoms with Crippen LogP contribution >= 0.6 is 0 Å². The molecule has 0 unspecified atom stereocenters. The summed E-state index contributed by atoms with van der Waals surface area (Å²) in [6, 6.07) is 9.54. The zero-order valence-electron chi connectivity index (χ0n) is 13.8. The van der Waals surface area contributed by atoms with E-state index in [0.29, 0.717) is 17.1 Å². The van der Waals surface area contributed by atoms with Crippen LogP contribution < -0.4 is 9.47 Å². The van der Waals surface area contributed by atoms with Crippen LogP contribution in [0.25, 0.3) is 0 Å². The average molecular weight is 314 g/mol. The summed E-state index contributed by atoms with van der Waals surface area (Å²) in [5, 5.41) is 0. The summed E-state index contributed by atoms with van der Waals surface area (Å²) >= 11 is 0. The van der Waals surface area contributed by atoms with E-state index in [1.807, 2.05) is 24.2 Å². The average Bonchev–Trinajstić information content (AvgIpc) is 3.21. The van der Waals surface area contributed by atoms with E-state index in [9.17, 15) is 4.79 Å². The highest BCUT2D eigenvalue weighted by molar-refractivity contribution is 5.97. The minimum Gasteiger partial charge on any atom is -0.497 e. The summed E-state index contributed by atoms with van der Waals surface area (Å²) in [4.78, 5) is 15.0. The van der Waals surface area contributed by atoms with Gasteiger partial charge < -0.3 is 18.9 Å². The Balaban J connectivity index is 1.95. The van der Waals surface area contributed by atoms with Crippen molar-refractivity contribution >= 4 is 5.91 Å². The number of nitrogens with zero attached hydrogens (tertiary/aromatic N) is 2. The number of aryl methyl sites for hydroxylation is 1. The number of carbonyl (C=O) groups excluding carboxylic acids is 1. The molecule has 1 amide bonds. The van der Waals surface area contributed by atoms with Crippen molar-refractivity contribution in [3.05, 3.63) is 47.8 Å². The van der Waals surface area contributed by atoms with Gasteiger partial charge >= 0.3 is 0 Å². The quantitative estimate of drug-likeness (QED) is 0.871. The number of hydrogen-bond acceptors (Lipinski definition) is 3. The number of aromatic nitrogens is 1. The van der Waals surface area contributed by atoms with E-state index in [0.717, 1.165) is 25.1 Å². The van der Waals surface area contributed by atoms with E-state index in [-0.39, 0.29) is 11.9 Å². The van der Waals surface area contributed by atoms with Crippen molar-refractivity contribution < 1.29 is 14.3 Å². The second-order valence-electron chi connectivity index (χ2n) is 5.77. The largest absolute Gasteiger partial charge is 0.497 e. The second-order valence-corrected chi connectivity index (χ2v) is 5.77. The van der Waals surface area contributed by atoms with Gasteiger partial charge in [-0.1, -0.05) is 0 Å².